The Kier molecular flexibility index (Phi) is 3.55. The third kappa shape index (κ3) is 2.14. The smallest absolute Gasteiger partial charge is 0.205 e. The molecule has 1 aromatic heterocycles. The first-order valence-corrected chi connectivity index (χ1v) is 7.34. The molecule has 3 rings (SSSR count). The summed E-state index contributed by atoms with van der Waals surface area (Å²) in [5.41, 5.74) is 0. The molecule has 1 saturated carbocycles. The highest BCUT2D eigenvalue weighted by Gasteiger charge is 2.29. The highest BCUT2D eigenvalue weighted by atomic mass is 15.3. The van der Waals surface area contributed by atoms with Crippen molar-refractivity contribution in [2.75, 3.05) is 25.0 Å². The zero-order valence-corrected chi connectivity index (χ0v) is 11.3. The van der Waals surface area contributed by atoms with Crippen LogP contribution >= 0.6 is 0 Å². The van der Waals surface area contributed by atoms with E-state index in [2.05, 4.69) is 26.0 Å². The molecule has 1 saturated heterocycles. The number of anilines is 1. The van der Waals surface area contributed by atoms with Crippen molar-refractivity contribution in [1.82, 2.24) is 14.9 Å². The van der Waals surface area contributed by atoms with E-state index in [4.69, 9.17) is 0 Å². The molecule has 0 amide bonds. The van der Waals surface area contributed by atoms with Gasteiger partial charge in [-0.25, -0.2) is 4.98 Å². The Morgan fingerprint density at radius 1 is 1.28 bits per heavy atom. The number of aromatic nitrogens is 2. The van der Waals surface area contributed by atoms with Gasteiger partial charge in [-0.15, -0.1) is 0 Å². The normalized spacial score (nSPS) is 25.2. The lowest BCUT2D eigenvalue weighted by Gasteiger charge is -2.28. The van der Waals surface area contributed by atoms with Crippen molar-refractivity contribution in [1.29, 1.82) is 0 Å². The van der Waals surface area contributed by atoms with Crippen LogP contribution in [0.25, 0.3) is 0 Å². The molecule has 1 unspecified atom stereocenters. The number of nitrogens with one attached hydrogen (secondary N) is 1. The lowest BCUT2D eigenvalue weighted by molar-refractivity contribution is 0.504. The highest BCUT2D eigenvalue weighted by molar-refractivity contribution is 5.35. The van der Waals surface area contributed by atoms with E-state index in [1.165, 1.54) is 44.5 Å². The van der Waals surface area contributed by atoms with Crippen molar-refractivity contribution < 1.29 is 0 Å². The van der Waals surface area contributed by atoms with Crippen molar-refractivity contribution in [3.05, 3.63) is 12.4 Å². The number of nitrogens with zero attached hydrogens (tertiary/aromatic N) is 3. The van der Waals surface area contributed by atoms with Crippen molar-refractivity contribution in [3.8, 4) is 0 Å². The van der Waals surface area contributed by atoms with Crippen LogP contribution in [0.1, 0.15) is 44.6 Å². The highest BCUT2D eigenvalue weighted by Crippen LogP contribution is 2.34. The van der Waals surface area contributed by atoms with E-state index in [0.717, 1.165) is 13.1 Å². The first-order chi connectivity index (χ1) is 8.90. The topological polar surface area (TPSA) is 33.1 Å². The molecular formula is C14H24N4. The number of rotatable bonds is 4. The summed E-state index contributed by atoms with van der Waals surface area (Å²) in [6.07, 6.45) is 12.1. The minimum absolute atomic E-state index is 0.623. The summed E-state index contributed by atoms with van der Waals surface area (Å²) < 4.78 is 2.43. The van der Waals surface area contributed by atoms with Crippen molar-refractivity contribution >= 4 is 5.95 Å². The first kappa shape index (κ1) is 12.0. The molecule has 1 aliphatic carbocycles. The molecule has 2 fully saturated rings. The Bertz CT molecular complexity index is 381. The van der Waals surface area contributed by atoms with Crippen LogP contribution in [-0.4, -0.2) is 35.7 Å². The fraction of sp³-hybridized carbons (Fsp3) is 0.786. The molecule has 2 aliphatic rings. The van der Waals surface area contributed by atoms with E-state index in [-0.39, 0.29) is 0 Å². The maximum atomic E-state index is 4.64. The molecule has 1 atom stereocenters. The van der Waals surface area contributed by atoms with Gasteiger partial charge in [-0.3, -0.25) is 0 Å². The average Bonchev–Trinajstić information content (AvgIpc) is 3.10. The van der Waals surface area contributed by atoms with Crippen molar-refractivity contribution in [2.24, 2.45) is 0 Å². The van der Waals surface area contributed by atoms with Crippen LogP contribution in [0.3, 0.4) is 0 Å². The van der Waals surface area contributed by atoms with Gasteiger partial charge < -0.3 is 14.8 Å². The van der Waals surface area contributed by atoms with Crippen molar-refractivity contribution in [3.63, 3.8) is 0 Å². The minimum Gasteiger partial charge on any atom is -0.338 e. The van der Waals surface area contributed by atoms with Crippen LogP contribution in [0.2, 0.25) is 0 Å². The summed E-state index contributed by atoms with van der Waals surface area (Å²) in [5, 5.41) is 3.31. The largest absolute Gasteiger partial charge is 0.338 e. The molecule has 2 heterocycles. The fourth-order valence-corrected chi connectivity index (χ4v) is 3.54. The molecule has 1 N–H and O–H groups in total. The average molecular weight is 248 g/mol. The van der Waals surface area contributed by atoms with Gasteiger partial charge >= 0.3 is 0 Å². The van der Waals surface area contributed by atoms with Crippen LogP contribution in [0, 0.1) is 0 Å². The fourth-order valence-electron chi connectivity index (χ4n) is 3.54. The molecule has 4 heteroatoms. The standard InChI is InChI=1S/C14H24N4/c1-15-11-13-7-4-9-17(13)14-16-8-10-18(14)12-5-2-3-6-12/h8,10,12-13,15H,2-7,9,11H2,1H3. The molecule has 4 nitrogen and oxygen atoms in total. The Balaban J connectivity index is 1.80. The van der Waals surface area contributed by atoms with Crippen LogP contribution in [0.4, 0.5) is 5.95 Å². The Labute approximate surface area is 109 Å². The van der Waals surface area contributed by atoms with Gasteiger partial charge in [0, 0.05) is 37.6 Å². The van der Waals surface area contributed by atoms with Gasteiger partial charge in [0.25, 0.3) is 0 Å². The van der Waals surface area contributed by atoms with Gasteiger partial charge in [-0.2, -0.15) is 0 Å². The predicted octanol–water partition coefficient (Wildman–Crippen LogP) is 2.19. The Morgan fingerprint density at radius 3 is 2.89 bits per heavy atom. The quantitative estimate of drug-likeness (QED) is 0.886. The monoisotopic (exact) mass is 248 g/mol. The van der Waals surface area contributed by atoms with E-state index in [9.17, 15) is 0 Å². The second kappa shape index (κ2) is 5.31. The zero-order valence-electron chi connectivity index (χ0n) is 11.3. The molecular weight excluding hydrogens is 224 g/mol. The Hall–Kier alpha value is -1.03. The van der Waals surface area contributed by atoms with Gasteiger partial charge in [0.15, 0.2) is 0 Å². The number of hydrogen-bond donors (Lipinski definition) is 1. The van der Waals surface area contributed by atoms with E-state index < -0.39 is 0 Å². The lowest BCUT2D eigenvalue weighted by atomic mass is 10.2. The third-order valence-corrected chi connectivity index (χ3v) is 4.44. The van der Waals surface area contributed by atoms with Gasteiger partial charge in [0.1, 0.15) is 0 Å². The molecule has 0 aromatic carbocycles. The summed E-state index contributed by atoms with van der Waals surface area (Å²) in [6.45, 7) is 2.23. The van der Waals surface area contributed by atoms with Gasteiger partial charge in [0.05, 0.1) is 0 Å². The summed E-state index contributed by atoms with van der Waals surface area (Å²) in [5.74, 6) is 1.21. The van der Waals surface area contributed by atoms with Gasteiger partial charge in [-0.1, -0.05) is 12.8 Å². The number of hydrogen-bond acceptors (Lipinski definition) is 3. The predicted molar refractivity (Wildman–Crippen MR) is 74.0 cm³/mol. The van der Waals surface area contributed by atoms with Crippen LogP contribution in [0.15, 0.2) is 12.4 Å². The second-order valence-corrected chi connectivity index (χ2v) is 5.62. The minimum atomic E-state index is 0.623. The summed E-state index contributed by atoms with van der Waals surface area (Å²) >= 11 is 0. The maximum Gasteiger partial charge on any atom is 0.205 e. The van der Waals surface area contributed by atoms with E-state index in [1.54, 1.807) is 0 Å². The molecule has 100 valence electrons. The van der Waals surface area contributed by atoms with E-state index in [1.807, 2.05) is 13.2 Å². The summed E-state index contributed by atoms with van der Waals surface area (Å²) in [7, 11) is 2.04. The Morgan fingerprint density at radius 2 is 2.11 bits per heavy atom. The SMILES string of the molecule is CNCC1CCCN1c1nccn1C1CCCC1. The van der Waals surface area contributed by atoms with Crippen LogP contribution in [-0.2, 0) is 0 Å². The first-order valence-electron chi connectivity index (χ1n) is 7.34. The maximum absolute atomic E-state index is 4.64. The molecule has 1 aromatic rings. The summed E-state index contributed by atoms with van der Waals surface area (Å²) in [4.78, 5) is 7.15. The van der Waals surface area contributed by atoms with Crippen molar-refractivity contribution in [2.45, 2.75) is 50.6 Å². The van der Waals surface area contributed by atoms with Gasteiger partial charge in [0.2, 0.25) is 5.95 Å². The third-order valence-electron chi connectivity index (χ3n) is 4.44. The second-order valence-electron chi connectivity index (χ2n) is 5.62. The van der Waals surface area contributed by atoms with E-state index >= 15 is 0 Å². The number of likely N-dealkylation sites (N-methyl/N-ethyl adjacent to an activating group) is 1. The lowest BCUT2D eigenvalue weighted by Crippen LogP contribution is -2.38. The zero-order chi connectivity index (χ0) is 12.4. The molecule has 0 radical (unpaired) electrons. The van der Waals surface area contributed by atoms with Crippen LogP contribution < -0.4 is 10.2 Å². The van der Waals surface area contributed by atoms with E-state index in [0.29, 0.717) is 12.1 Å². The molecule has 0 bridgehead atoms. The van der Waals surface area contributed by atoms with Crippen LogP contribution in [0.5, 0.6) is 0 Å². The molecule has 0 spiro atoms. The summed E-state index contributed by atoms with van der Waals surface area (Å²) in [6, 6.07) is 1.32. The molecule has 1 aliphatic heterocycles. The van der Waals surface area contributed by atoms with Gasteiger partial charge in [-0.05, 0) is 32.7 Å². The molecule has 18 heavy (non-hydrogen) atoms. The number of imidazole rings is 1.